The quantitative estimate of drug-likeness (QED) is 0.459. The summed E-state index contributed by atoms with van der Waals surface area (Å²) < 4.78 is 26.2. The zero-order valence-electron chi connectivity index (χ0n) is 6.46. The van der Waals surface area contributed by atoms with Crippen LogP contribution in [-0.2, 0) is 0 Å². The van der Waals surface area contributed by atoms with Gasteiger partial charge in [0.25, 0.3) is 0 Å². The summed E-state index contributed by atoms with van der Waals surface area (Å²) in [6.07, 6.45) is 0. The Bertz CT molecular complexity index is 381. The molecule has 1 aromatic carbocycles. The summed E-state index contributed by atoms with van der Waals surface area (Å²) in [5.41, 5.74) is -0.661. The Morgan fingerprint density at radius 1 is 1.15 bits per heavy atom. The Balaban J connectivity index is 3.69. The van der Waals surface area contributed by atoms with E-state index >= 15 is 0 Å². The SMILES string of the molecule is [C-]#[N+]c1c(F)c(Cl)c(C)c(F)c1Cl. The van der Waals surface area contributed by atoms with E-state index in [4.69, 9.17) is 29.8 Å². The van der Waals surface area contributed by atoms with Crippen molar-refractivity contribution in [3.05, 3.63) is 38.7 Å². The molecule has 0 saturated heterocycles. The van der Waals surface area contributed by atoms with Gasteiger partial charge in [0.1, 0.15) is 5.82 Å². The summed E-state index contributed by atoms with van der Waals surface area (Å²) >= 11 is 10.8. The highest BCUT2D eigenvalue weighted by Gasteiger charge is 2.19. The summed E-state index contributed by atoms with van der Waals surface area (Å²) in [5, 5.41) is -0.915. The maximum Gasteiger partial charge on any atom is 0.244 e. The second kappa shape index (κ2) is 3.49. The molecule has 5 heteroatoms. The Labute approximate surface area is 83.7 Å². The molecule has 1 nitrogen and oxygen atoms in total. The van der Waals surface area contributed by atoms with E-state index in [1.807, 2.05) is 0 Å². The molecule has 68 valence electrons. The molecule has 0 radical (unpaired) electrons. The van der Waals surface area contributed by atoms with Gasteiger partial charge in [-0.2, -0.15) is 0 Å². The van der Waals surface area contributed by atoms with E-state index in [0.29, 0.717) is 0 Å². The van der Waals surface area contributed by atoms with E-state index < -0.39 is 27.4 Å². The molecule has 0 aliphatic rings. The summed E-state index contributed by atoms with van der Waals surface area (Å²) in [4.78, 5) is 2.75. The van der Waals surface area contributed by atoms with Crippen LogP contribution in [0.5, 0.6) is 0 Å². The molecular weight excluding hydrogens is 219 g/mol. The lowest BCUT2D eigenvalue weighted by atomic mass is 10.2. The molecule has 1 rings (SSSR count). The van der Waals surface area contributed by atoms with Crippen LogP contribution in [0.2, 0.25) is 10.0 Å². The maximum absolute atomic E-state index is 13.1. The Morgan fingerprint density at radius 2 is 1.69 bits per heavy atom. The van der Waals surface area contributed by atoms with E-state index in [0.717, 1.165) is 0 Å². The van der Waals surface area contributed by atoms with Crippen LogP contribution < -0.4 is 0 Å². The van der Waals surface area contributed by atoms with E-state index in [-0.39, 0.29) is 5.56 Å². The van der Waals surface area contributed by atoms with Crippen molar-refractivity contribution in [3.8, 4) is 0 Å². The van der Waals surface area contributed by atoms with Gasteiger partial charge in [0.15, 0.2) is 5.82 Å². The van der Waals surface area contributed by atoms with Crippen LogP contribution in [0.15, 0.2) is 0 Å². The molecule has 0 N–H and O–H groups in total. The average Bonchev–Trinajstić information content (AvgIpc) is 2.13. The molecule has 0 fully saturated rings. The third kappa shape index (κ3) is 1.48. The first-order chi connectivity index (χ1) is 6.00. The zero-order valence-corrected chi connectivity index (χ0v) is 7.97. The second-order valence-corrected chi connectivity index (χ2v) is 3.10. The van der Waals surface area contributed by atoms with E-state index in [1.165, 1.54) is 6.92 Å². The summed E-state index contributed by atoms with van der Waals surface area (Å²) in [7, 11) is 0. The molecule has 0 unspecified atom stereocenters. The van der Waals surface area contributed by atoms with Gasteiger partial charge < -0.3 is 0 Å². The molecule has 0 aliphatic carbocycles. The lowest BCUT2D eigenvalue weighted by Gasteiger charge is -2.05. The molecule has 1 aromatic rings. The van der Waals surface area contributed by atoms with Crippen molar-refractivity contribution < 1.29 is 8.78 Å². The highest BCUT2D eigenvalue weighted by molar-refractivity contribution is 6.36. The van der Waals surface area contributed by atoms with Gasteiger partial charge in [-0.25, -0.2) is 13.6 Å². The summed E-state index contributed by atoms with van der Waals surface area (Å²) in [5.74, 6) is -1.82. The maximum atomic E-state index is 13.1. The van der Waals surface area contributed by atoms with Crippen molar-refractivity contribution in [2.45, 2.75) is 6.92 Å². The second-order valence-electron chi connectivity index (χ2n) is 2.34. The molecule has 0 aromatic heterocycles. The minimum Gasteiger partial charge on any atom is -0.233 e. The van der Waals surface area contributed by atoms with Gasteiger partial charge in [-0.1, -0.05) is 23.2 Å². The van der Waals surface area contributed by atoms with Crippen LogP contribution >= 0.6 is 23.2 Å². The number of halogens is 4. The summed E-state index contributed by atoms with van der Waals surface area (Å²) in [6.45, 7) is 7.86. The van der Waals surface area contributed by atoms with E-state index in [2.05, 4.69) is 4.85 Å². The van der Waals surface area contributed by atoms with E-state index in [1.54, 1.807) is 0 Å². The molecule has 0 heterocycles. The van der Waals surface area contributed by atoms with Crippen molar-refractivity contribution in [1.29, 1.82) is 0 Å². The average molecular weight is 222 g/mol. The third-order valence-corrected chi connectivity index (χ3v) is 2.37. The van der Waals surface area contributed by atoms with Crippen molar-refractivity contribution in [2.75, 3.05) is 0 Å². The zero-order chi connectivity index (χ0) is 10.2. The fraction of sp³-hybridized carbons (Fsp3) is 0.125. The molecule has 0 bridgehead atoms. The Morgan fingerprint density at radius 3 is 2.15 bits per heavy atom. The lowest BCUT2D eigenvalue weighted by Crippen LogP contribution is -1.90. The van der Waals surface area contributed by atoms with Crippen molar-refractivity contribution in [3.63, 3.8) is 0 Å². The predicted molar refractivity (Wildman–Crippen MR) is 47.4 cm³/mol. The molecule has 0 saturated carbocycles. The molecule has 0 amide bonds. The first kappa shape index (κ1) is 10.2. The predicted octanol–water partition coefficient (Wildman–Crippen LogP) is 4.13. The molecule has 0 aliphatic heterocycles. The molecular formula is C8H3Cl2F2N. The van der Waals surface area contributed by atoms with Crippen LogP contribution in [0.1, 0.15) is 5.56 Å². The van der Waals surface area contributed by atoms with Gasteiger partial charge in [-0.15, -0.1) is 0 Å². The largest absolute Gasteiger partial charge is 0.244 e. The molecule has 0 spiro atoms. The molecule has 0 atom stereocenters. The normalized spacial score (nSPS) is 9.85. The van der Waals surface area contributed by atoms with Gasteiger partial charge in [-0.05, 0) is 6.92 Å². The fourth-order valence-corrected chi connectivity index (χ4v) is 1.27. The summed E-state index contributed by atoms with van der Waals surface area (Å²) in [6, 6.07) is 0. The van der Waals surface area contributed by atoms with Crippen LogP contribution in [0.25, 0.3) is 4.85 Å². The minimum absolute atomic E-state index is 0.0865. The Kier molecular flexibility index (Phi) is 2.74. The standard InChI is InChI=1S/C8H3Cl2F2N/c1-3-4(9)7(12)8(13-2)5(10)6(3)11/h1H3. The number of rotatable bonds is 0. The fourth-order valence-electron chi connectivity index (χ4n) is 0.828. The van der Waals surface area contributed by atoms with Gasteiger partial charge in [-0.3, -0.25) is 0 Å². The van der Waals surface area contributed by atoms with E-state index in [9.17, 15) is 8.78 Å². The number of hydrogen-bond donors (Lipinski definition) is 0. The lowest BCUT2D eigenvalue weighted by molar-refractivity contribution is 0.598. The molecule has 13 heavy (non-hydrogen) atoms. The Hall–Kier alpha value is -0.850. The van der Waals surface area contributed by atoms with Crippen molar-refractivity contribution >= 4 is 28.9 Å². The highest BCUT2D eigenvalue weighted by atomic mass is 35.5. The highest BCUT2D eigenvalue weighted by Crippen LogP contribution is 2.37. The van der Waals surface area contributed by atoms with Crippen LogP contribution in [0.4, 0.5) is 14.5 Å². The van der Waals surface area contributed by atoms with Crippen LogP contribution in [0, 0.1) is 25.1 Å². The van der Waals surface area contributed by atoms with Crippen molar-refractivity contribution in [1.82, 2.24) is 0 Å². The minimum atomic E-state index is -0.972. The topological polar surface area (TPSA) is 4.36 Å². The monoisotopic (exact) mass is 221 g/mol. The van der Waals surface area contributed by atoms with Gasteiger partial charge >= 0.3 is 0 Å². The first-order valence-corrected chi connectivity index (χ1v) is 3.96. The number of hydrogen-bond acceptors (Lipinski definition) is 0. The smallest absolute Gasteiger partial charge is 0.233 e. The van der Waals surface area contributed by atoms with Gasteiger partial charge in [0, 0.05) is 5.56 Å². The van der Waals surface area contributed by atoms with Gasteiger partial charge in [0.05, 0.1) is 16.6 Å². The van der Waals surface area contributed by atoms with Crippen LogP contribution in [0.3, 0.4) is 0 Å². The number of benzene rings is 1. The first-order valence-electron chi connectivity index (χ1n) is 3.20. The third-order valence-electron chi connectivity index (χ3n) is 1.57. The number of nitrogens with zero attached hydrogens (tertiary/aromatic N) is 1. The van der Waals surface area contributed by atoms with Crippen LogP contribution in [-0.4, -0.2) is 0 Å². The van der Waals surface area contributed by atoms with Crippen molar-refractivity contribution in [2.24, 2.45) is 0 Å². The van der Waals surface area contributed by atoms with Gasteiger partial charge in [0.2, 0.25) is 5.69 Å².